The highest BCUT2D eigenvalue weighted by Gasteiger charge is 2.72. The smallest absolute Gasteiger partial charge is 0.459 e. The van der Waals surface area contributed by atoms with Gasteiger partial charge >= 0.3 is 37.2 Å². The van der Waals surface area contributed by atoms with Crippen LogP contribution in [0.5, 0.6) is 5.75 Å². The van der Waals surface area contributed by atoms with Crippen molar-refractivity contribution in [3.63, 3.8) is 0 Å². The highest BCUT2D eigenvalue weighted by molar-refractivity contribution is 7.52. The van der Waals surface area contributed by atoms with Gasteiger partial charge in [-0.2, -0.15) is 31.4 Å². The number of hydrogen-bond donors (Lipinski definition) is 2. The van der Waals surface area contributed by atoms with Gasteiger partial charge in [-0.25, -0.2) is 9.36 Å². The Morgan fingerprint density at radius 1 is 1.05 bits per heavy atom. The van der Waals surface area contributed by atoms with Crippen LogP contribution in [0.4, 0.5) is 26.3 Å². The van der Waals surface area contributed by atoms with Gasteiger partial charge in [-0.15, -0.1) is 0 Å². The number of nitrogens with one attached hydrogen (secondary N) is 2. The van der Waals surface area contributed by atoms with Crippen molar-refractivity contribution in [1.29, 1.82) is 0 Å². The zero-order chi connectivity index (χ0) is 29.8. The Morgan fingerprint density at radius 3 is 2.21 bits per heavy atom. The summed E-state index contributed by atoms with van der Waals surface area (Å²) in [4.78, 5) is 36.8. The number of ether oxygens (including phenoxy) is 1. The maximum atomic E-state index is 14.6. The molecule has 0 radical (unpaired) electrons. The van der Waals surface area contributed by atoms with Crippen molar-refractivity contribution in [1.82, 2.24) is 14.6 Å². The van der Waals surface area contributed by atoms with Gasteiger partial charge in [-0.05, 0) is 39.8 Å². The molecule has 1 aromatic heterocycles. The normalized spacial score (nSPS) is 15.1. The molecule has 0 spiro atoms. The fraction of sp³-hybridized carbons (Fsp3) is 0.500. The first-order chi connectivity index (χ1) is 17.8. The predicted molar refractivity (Wildman–Crippen MR) is 125 cm³/mol. The van der Waals surface area contributed by atoms with Gasteiger partial charge in [0.2, 0.25) is 0 Å². The fourth-order valence-corrected chi connectivity index (χ4v) is 4.40. The summed E-state index contributed by atoms with van der Waals surface area (Å²) in [5.41, 5.74) is -2.84. The summed E-state index contributed by atoms with van der Waals surface area (Å²) in [6.45, 7) is 0.320. The molecule has 1 unspecified atom stereocenters. The predicted octanol–water partition coefficient (Wildman–Crippen LogP) is 3.88. The zero-order valence-electron chi connectivity index (χ0n) is 21.1. The number of halogens is 6. The van der Waals surface area contributed by atoms with Crippen molar-refractivity contribution in [2.24, 2.45) is 0 Å². The van der Waals surface area contributed by atoms with E-state index in [0.717, 1.165) is 13.8 Å². The van der Waals surface area contributed by atoms with E-state index in [2.05, 4.69) is 4.52 Å². The Bertz CT molecular complexity index is 1320. The summed E-state index contributed by atoms with van der Waals surface area (Å²) >= 11 is 0. The zero-order valence-corrected chi connectivity index (χ0v) is 21.9. The van der Waals surface area contributed by atoms with Crippen LogP contribution in [0.15, 0.2) is 46.1 Å². The van der Waals surface area contributed by atoms with E-state index < -0.39 is 68.0 Å². The molecule has 0 bridgehead atoms. The van der Waals surface area contributed by atoms with E-state index in [1.165, 1.54) is 44.2 Å². The summed E-state index contributed by atoms with van der Waals surface area (Å²) in [7, 11) is -5.10. The number of carbonyl (C=O) groups is 1. The standard InChI is InChI=1S/C22H26F6N3O7P/c1-13(2)37-18(33)15(4)30-39(35,38-16-8-6-5-7-9-16)36-12-21(25,26)22(27,28)20(23,24)11-31-10-14(3)17(32)29-19(31)34/h5-10,13,15H,11-12H2,1-4H3,(H,30,35)(H,29,32,34)/t15-,39?/m0/s1. The van der Waals surface area contributed by atoms with E-state index in [0.29, 0.717) is 6.20 Å². The lowest BCUT2D eigenvalue weighted by molar-refractivity contribution is -0.318. The average molecular weight is 589 g/mol. The number of hydrogen-bond acceptors (Lipinski definition) is 7. The number of aromatic amines is 1. The van der Waals surface area contributed by atoms with Crippen LogP contribution in [0, 0.1) is 6.92 Å². The molecule has 2 atom stereocenters. The number of benzene rings is 1. The van der Waals surface area contributed by atoms with Gasteiger partial charge in [0.1, 0.15) is 18.4 Å². The fourth-order valence-electron chi connectivity index (χ4n) is 2.91. The first-order valence-corrected chi connectivity index (χ1v) is 12.8. The van der Waals surface area contributed by atoms with Crippen LogP contribution >= 0.6 is 7.75 Å². The molecule has 0 saturated carbocycles. The van der Waals surface area contributed by atoms with Crippen molar-refractivity contribution < 1.29 is 49.5 Å². The molecule has 0 amide bonds. The van der Waals surface area contributed by atoms with Gasteiger partial charge in [0, 0.05) is 11.8 Å². The summed E-state index contributed by atoms with van der Waals surface area (Å²) in [5, 5.41) is 1.96. The largest absolute Gasteiger partial charge is 0.462 e. The first kappa shape index (κ1) is 32.1. The lowest BCUT2D eigenvalue weighted by Gasteiger charge is -2.33. The van der Waals surface area contributed by atoms with E-state index in [1.807, 2.05) is 5.09 Å². The Kier molecular flexibility index (Phi) is 9.85. The van der Waals surface area contributed by atoms with E-state index in [1.54, 1.807) is 4.98 Å². The van der Waals surface area contributed by atoms with Gasteiger partial charge in [-0.3, -0.25) is 23.7 Å². The number of para-hydroxylation sites is 1. The van der Waals surface area contributed by atoms with Crippen LogP contribution in [-0.2, 0) is 25.2 Å². The molecular weight excluding hydrogens is 563 g/mol. The number of nitrogens with zero attached hydrogens (tertiary/aromatic N) is 1. The van der Waals surface area contributed by atoms with Gasteiger partial charge in [0.05, 0.1) is 12.6 Å². The highest BCUT2D eigenvalue weighted by atomic mass is 31.2. The molecule has 17 heteroatoms. The second-order valence-electron chi connectivity index (χ2n) is 8.69. The second kappa shape index (κ2) is 12.0. The third-order valence-electron chi connectivity index (χ3n) is 4.92. The Morgan fingerprint density at radius 2 is 1.64 bits per heavy atom. The van der Waals surface area contributed by atoms with Crippen molar-refractivity contribution >= 4 is 13.7 Å². The van der Waals surface area contributed by atoms with Crippen molar-refractivity contribution in [3.8, 4) is 5.75 Å². The Balaban J connectivity index is 2.31. The number of alkyl halides is 6. The third-order valence-corrected chi connectivity index (χ3v) is 6.54. The van der Waals surface area contributed by atoms with Crippen LogP contribution in [0.2, 0.25) is 0 Å². The molecule has 1 heterocycles. The average Bonchev–Trinajstić information content (AvgIpc) is 2.81. The van der Waals surface area contributed by atoms with Crippen LogP contribution in [-0.4, -0.2) is 52.0 Å². The summed E-state index contributed by atoms with van der Waals surface area (Å²) in [6.07, 6.45) is -0.135. The lowest BCUT2D eigenvalue weighted by atomic mass is 10.1. The van der Waals surface area contributed by atoms with Crippen LogP contribution in [0.25, 0.3) is 0 Å². The monoisotopic (exact) mass is 589 g/mol. The number of aryl methyl sites for hydroxylation is 1. The molecule has 2 rings (SSSR count). The molecule has 10 nitrogen and oxygen atoms in total. The highest BCUT2D eigenvalue weighted by Crippen LogP contribution is 2.51. The number of carbonyl (C=O) groups excluding carboxylic acids is 1. The van der Waals surface area contributed by atoms with Gasteiger partial charge in [0.25, 0.3) is 5.56 Å². The molecule has 39 heavy (non-hydrogen) atoms. The number of aromatic nitrogens is 2. The Labute approximate surface area is 217 Å². The molecule has 0 aliphatic rings. The number of H-pyrrole nitrogens is 1. The van der Waals surface area contributed by atoms with E-state index in [4.69, 9.17) is 9.26 Å². The minimum absolute atomic E-state index is 0.0610. The summed E-state index contributed by atoms with van der Waals surface area (Å²) in [5.74, 6) is -18.7. The Hall–Kier alpha value is -3.10. The second-order valence-corrected chi connectivity index (χ2v) is 10.4. The van der Waals surface area contributed by atoms with Gasteiger partial charge < -0.3 is 9.26 Å². The topological polar surface area (TPSA) is 129 Å². The summed E-state index contributed by atoms with van der Waals surface area (Å²) < 4.78 is 115. The molecule has 0 aliphatic carbocycles. The van der Waals surface area contributed by atoms with Crippen molar-refractivity contribution in [3.05, 3.63) is 62.9 Å². The summed E-state index contributed by atoms with van der Waals surface area (Å²) in [6, 6.07) is 5.10. The molecule has 218 valence electrons. The van der Waals surface area contributed by atoms with E-state index in [9.17, 15) is 45.3 Å². The SMILES string of the molecule is Cc1cn(CC(F)(F)C(F)(F)C(F)(F)COP(=O)(N[C@@H](C)C(=O)OC(C)C)Oc2ccccc2)c(=O)[nH]c1=O. The molecule has 2 aromatic rings. The quantitative estimate of drug-likeness (QED) is 0.205. The number of rotatable bonds is 13. The molecular formula is C22H26F6N3O7P. The lowest BCUT2D eigenvalue weighted by Crippen LogP contribution is -2.58. The van der Waals surface area contributed by atoms with Gasteiger partial charge in [0.15, 0.2) is 0 Å². The van der Waals surface area contributed by atoms with Crippen molar-refractivity contribution in [2.45, 2.75) is 64.2 Å². The third kappa shape index (κ3) is 7.96. The molecule has 1 aromatic carbocycles. The van der Waals surface area contributed by atoms with E-state index in [-0.39, 0.29) is 15.9 Å². The number of esters is 1. The minimum Gasteiger partial charge on any atom is -0.462 e. The maximum absolute atomic E-state index is 14.6. The van der Waals surface area contributed by atoms with Crippen molar-refractivity contribution in [2.75, 3.05) is 6.61 Å². The molecule has 0 saturated heterocycles. The van der Waals surface area contributed by atoms with Crippen LogP contribution in [0.1, 0.15) is 26.3 Å². The van der Waals surface area contributed by atoms with Crippen LogP contribution in [0.3, 0.4) is 0 Å². The molecule has 2 N–H and O–H groups in total. The van der Waals surface area contributed by atoms with Gasteiger partial charge in [-0.1, -0.05) is 18.2 Å². The molecule has 0 fully saturated rings. The van der Waals surface area contributed by atoms with E-state index >= 15 is 0 Å². The van der Waals surface area contributed by atoms with Crippen LogP contribution < -0.4 is 20.9 Å². The molecule has 0 aliphatic heterocycles. The minimum atomic E-state index is -6.16. The maximum Gasteiger partial charge on any atom is 0.459 e. The first-order valence-electron chi connectivity index (χ1n) is 11.2.